The van der Waals surface area contributed by atoms with Crippen molar-refractivity contribution in [2.75, 3.05) is 13.2 Å². The van der Waals surface area contributed by atoms with Crippen molar-refractivity contribution in [3.05, 3.63) is 43.0 Å². The predicted molar refractivity (Wildman–Crippen MR) is 99.3 cm³/mol. The summed E-state index contributed by atoms with van der Waals surface area (Å²) in [7, 11) is 0. The number of halogens is 3. The summed E-state index contributed by atoms with van der Waals surface area (Å²) in [5.74, 6) is 1.58. The number of alkyl halides is 1. The lowest BCUT2D eigenvalue weighted by atomic mass is 10.1. The number of hydrogen-bond donors (Lipinski definition) is 0. The molecule has 2 aromatic rings. The molecule has 0 radical (unpaired) electrons. The third-order valence-electron chi connectivity index (χ3n) is 2.77. The van der Waals surface area contributed by atoms with Crippen LogP contribution in [0.2, 0.25) is 0 Å². The van der Waals surface area contributed by atoms with E-state index in [9.17, 15) is 0 Å². The highest BCUT2D eigenvalue weighted by Crippen LogP contribution is 2.43. The van der Waals surface area contributed by atoms with Gasteiger partial charge in [-0.25, -0.2) is 0 Å². The van der Waals surface area contributed by atoms with E-state index in [1.165, 1.54) is 4.88 Å². The summed E-state index contributed by atoms with van der Waals surface area (Å²) < 4.78 is 13.5. The van der Waals surface area contributed by atoms with Crippen LogP contribution in [0.1, 0.15) is 29.1 Å². The van der Waals surface area contributed by atoms with E-state index in [0.29, 0.717) is 13.2 Å². The second kappa shape index (κ2) is 7.99. The number of ether oxygens (including phenoxy) is 2. The topological polar surface area (TPSA) is 18.5 Å². The van der Waals surface area contributed by atoms with Crippen LogP contribution < -0.4 is 9.47 Å². The zero-order valence-corrected chi connectivity index (χ0v) is 17.2. The molecule has 0 fully saturated rings. The molecule has 0 saturated carbocycles. The van der Waals surface area contributed by atoms with E-state index in [1.807, 2.05) is 26.0 Å². The highest BCUT2D eigenvalue weighted by atomic mass is 79.9. The van der Waals surface area contributed by atoms with Gasteiger partial charge in [-0.3, -0.25) is 0 Å². The Hall–Kier alpha value is -0.0400. The molecule has 1 aromatic carbocycles. The predicted octanol–water partition coefficient (Wildman–Crippen LogP) is 6.55. The molecule has 0 aliphatic carbocycles. The van der Waals surface area contributed by atoms with Gasteiger partial charge in [-0.15, -0.1) is 11.3 Å². The zero-order valence-electron chi connectivity index (χ0n) is 11.7. The summed E-state index contributed by atoms with van der Waals surface area (Å²) >= 11 is 12.5. The average molecular weight is 499 g/mol. The molecule has 21 heavy (non-hydrogen) atoms. The molecule has 0 aliphatic rings. The van der Waals surface area contributed by atoms with Crippen LogP contribution in [0.4, 0.5) is 0 Å². The molecule has 1 aromatic heterocycles. The molecule has 0 aliphatic heterocycles. The first-order valence-electron chi connectivity index (χ1n) is 6.55. The minimum Gasteiger partial charge on any atom is -0.490 e. The lowest BCUT2D eigenvalue weighted by Gasteiger charge is -2.14. The maximum Gasteiger partial charge on any atom is 0.161 e. The molecular weight excluding hydrogens is 484 g/mol. The van der Waals surface area contributed by atoms with Gasteiger partial charge in [0, 0.05) is 9.35 Å². The molecule has 114 valence electrons. The molecule has 0 amide bonds. The normalized spacial score (nSPS) is 12.2. The second-order valence-electron chi connectivity index (χ2n) is 4.21. The number of rotatable bonds is 6. The summed E-state index contributed by atoms with van der Waals surface area (Å²) in [5, 5.41) is 0. The maximum atomic E-state index is 5.68. The Balaban J connectivity index is 2.32. The largest absolute Gasteiger partial charge is 0.490 e. The van der Waals surface area contributed by atoms with Crippen molar-refractivity contribution in [1.29, 1.82) is 0 Å². The van der Waals surface area contributed by atoms with Crippen LogP contribution in [0.15, 0.2) is 32.5 Å². The zero-order chi connectivity index (χ0) is 15.4. The molecule has 2 rings (SSSR count). The summed E-state index contributed by atoms with van der Waals surface area (Å²) in [5.41, 5.74) is 1.14. The van der Waals surface area contributed by atoms with Crippen molar-refractivity contribution in [2.45, 2.75) is 18.7 Å². The molecule has 1 heterocycles. The quantitative estimate of drug-likeness (QED) is 0.420. The number of benzene rings is 1. The lowest BCUT2D eigenvalue weighted by Crippen LogP contribution is -2.00. The smallest absolute Gasteiger partial charge is 0.161 e. The summed E-state index contributed by atoms with van der Waals surface area (Å²) in [6.45, 7) is 5.19. The van der Waals surface area contributed by atoms with Crippen molar-refractivity contribution < 1.29 is 9.47 Å². The van der Waals surface area contributed by atoms with E-state index >= 15 is 0 Å². The van der Waals surface area contributed by atoms with E-state index in [2.05, 4.69) is 59.9 Å². The van der Waals surface area contributed by atoms with Crippen LogP contribution >= 0.6 is 59.1 Å². The first kappa shape index (κ1) is 17.3. The first-order chi connectivity index (χ1) is 10.1. The maximum absolute atomic E-state index is 5.68. The van der Waals surface area contributed by atoms with Crippen LogP contribution in [0.5, 0.6) is 11.5 Å². The first-order valence-corrected chi connectivity index (χ1v) is 9.87. The Bertz CT molecular complexity index is 593. The Kier molecular flexibility index (Phi) is 6.59. The van der Waals surface area contributed by atoms with Crippen molar-refractivity contribution in [3.8, 4) is 11.5 Å². The second-order valence-corrected chi connectivity index (χ2v) is 8.38. The van der Waals surface area contributed by atoms with Crippen molar-refractivity contribution in [3.63, 3.8) is 0 Å². The molecule has 1 unspecified atom stereocenters. The van der Waals surface area contributed by atoms with Gasteiger partial charge in [-0.2, -0.15) is 0 Å². The Morgan fingerprint density at radius 2 is 1.71 bits per heavy atom. The van der Waals surface area contributed by atoms with E-state index < -0.39 is 0 Å². The molecule has 0 saturated heterocycles. The Morgan fingerprint density at radius 1 is 1.05 bits per heavy atom. The van der Waals surface area contributed by atoms with Gasteiger partial charge in [0.05, 0.1) is 21.8 Å². The van der Waals surface area contributed by atoms with Crippen LogP contribution in [0.3, 0.4) is 0 Å². The van der Waals surface area contributed by atoms with Crippen LogP contribution in [0.25, 0.3) is 0 Å². The third kappa shape index (κ3) is 4.24. The van der Waals surface area contributed by atoms with Gasteiger partial charge in [-0.05, 0) is 69.5 Å². The number of thiophene rings is 1. The number of hydrogen-bond acceptors (Lipinski definition) is 3. The monoisotopic (exact) mass is 496 g/mol. The molecule has 0 spiro atoms. The minimum absolute atomic E-state index is 0.125. The molecule has 0 N–H and O–H groups in total. The van der Waals surface area contributed by atoms with Crippen LogP contribution in [-0.2, 0) is 0 Å². The van der Waals surface area contributed by atoms with Crippen molar-refractivity contribution in [1.82, 2.24) is 0 Å². The van der Waals surface area contributed by atoms with Gasteiger partial charge >= 0.3 is 0 Å². The van der Waals surface area contributed by atoms with Crippen LogP contribution in [0, 0.1) is 0 Å². The fourth-order valence-electron chi connectivity index (χ4n) is 1.88. The molecular formula is C15H15Br3O2S. The Morgan fingerprint density at radius 3 is 2.29 bits per heavy atom. The van der Waals surface area contributed by atoms with E-state index in [4.69, 9.17) is 9.47 Å². The van der Waals surface area contributed by atoms with E-state index in [1.54, 1.807) is 11.3 Å². The van der Waals surface area contributed by atoms with Crippen molar-refractivity contribution >= 4 is 59.1 Å². The van der Waals surface area contributed by atoms with Gasteiger partial charge in [0.2, 0.25) is 0 Å². The van der Waals surface area contributed by atoms with Gasteiger partial charge in [-0.1, -0.05) is 22.0 Å². The fraction of sp³-hybridized carbons (Fsp3) is 0.333. The highest BCUT2D eigenvalue weighted by Gasteiger charge is 2.17. The average Bonchev–Trinajstić information content (AvgIpc) is 2.80. The minimum atomic E-state index is 0.125. The SMILES string of the molecule is CCOc1ccc(C(Br)c2cc(Br)c(Br)s2)cc1OCC. The third-order valence-corrected chi connectivity index (χ3v) is 7.42. The standard InChI is InChI=1S/C15H15Br3O2S/c1-3-19-11-6-5-9(7-12(11)20-4-2)14(17)13-8-10(16)15(18)21-13/h5-8,14H,3-4H2,1-2H3. The van der Waals surface area contributed by atoms with Gasteiger partial charge in [0.25, 0.3) is 0 Å². The molecule has 6 heteroatoms. The fourth-order valence-corrected chi connectivity index (χ4v) is 4.67. The van der Waals surface area contributed by atoms with Gasteiger partial charge in [0.1, 0.15) is 0 Å². The molecule has 2 nitrogen and oxygen atoms in total. The van der Waals surface area contributed by atoms with Gasteiger partial charge in [0.15, 0.2) is 11.5 Å². The lowest BCUT2D eigenvalue weighted by molar-refractivity contribution is 0.287. The molecule has 1 atom stereocenters. The van der Waals surface area contributed by atoms with E-state index in [-0.39, 0.29) is 4.83 Å². The van der Waals surface area contributed by atoms with E-state index in [0.717, 1.165) is 25.3 Å². The summed E-state index contributed by atoms with van der Waals surface area (Å²) in [4.78, 5) is 1.35. The van der Waals surface area contributed by atoms with Crippen LogP contribution in [-0.4, -0.2) is 13.2 Å². The summed E-state index contributed by atoms with van der Waals surface area (Å²) in [6.07, 6.45) is 0. The van der Waals surface area contributed by atoms with Gasteiger partial charge < -0.3 is 9.47 Å². The molecule has 0 bridgehead atoms. The highest BCUT2D eigenvalue weighted by molar-refractivity contribution is 9.13. The summed E-state index contributed by atoms with van der Waals surface area (Å²) in [6, 6.07) is 8.19. The van der Waals surface area contributed by atoms with Crippen molar-refractivity contribution in [2.24, 2.45) is 0 Å². The Labute approximate surface area is 154 Å².